The van der Waals surface area contributed by atoms with Gasteiger partial charge in [0.1, 0.15) is 4.88 Å². The molecule has 0 radical (unpaired) electrons. The molecule has 0 fully saturated rings. The molecule has 0 saturated carbocycles. The van der Waals surface area contributed by atoms with Crippen molar-refractivity contribution >= 4 is 23.8 Å². The number of halogens is 6. The fourth-order valence-electron chi connectivity index (χ4n) is 0.671. The van der Waals surface area contributed by atoms with E-state index in [-0.39, 0.29) is 68.8 Å². The molecule has 0 atom stereocenters. The minimum absolute atomic E-state index is 0. The van der Waals surface area contributed by atoms with Crippen molar-refractivity contribution in [3.8, 4) is 0 Å². The Labute approximate surface area is 122 Å². The van der Waals surface area contributed by atoms with Crippen LogP contribution in [0.15, 0.2) is 11.4 Å². The Balaban J connectivity index is 0.00000169. The molecule has 1 rings (SSSR count). The van der Waals surface area contributed by atoms with Gasteiger partial charge in [0.25, 0.3) is 0 Å². The van der Waals surface area contributed by atoms with Gasteiger partial charge in [-0.15, -0.1) is 11.3 Å². The molecule has 1 aromatic heterocycles. The number of rotatable bonds is 1. The average Bonchev–Trinajstić information content (AvgIpc) is 2.28. The molecule has 9 heteroatoms. The van der Waals surface area contributed by atoms with Crippen LogP contribution in [-0.4, -0.2) is 6.98 Å². The second-order valence-corrected chi connectivity index (χ2v) is 3.23. The molecule has 0 unspecified atom stereocenters. The zero-order chi connectivity index (χ0) is 10.3. The molecule has 0 amide bonds. The molecule has 1 heterocycles. The van der Waals surface area contributed by atoms with Crippen molar-refractivity contribution in [3.05, 3.63) is 16.3 Å². The van der Waals surface area contributed by atoms with Gasteiger partial charge in [0.05, 0.1) is 0 Å². The fraction of sp³-hybridized carbons (Fsp3) is 0.200. The topological polar surface area (TPSA) is 0 Å². The molecular weight excluding hydrogens is 256 g/mol. The normalized spacial score (nSPS) is 12.4. The van der Waals surface area contributed by atoms with Gasteiger partial charge < -0.3 is 12.9 Å². The van der Waals surface area contributed by atoms with Gasteiger partial charge in [-0.05, 0) is 5.38 Å². The third-order valence-corrected chi connectivity index (χ3v) is 2.27. The fourth-order valence-corrected chi connectivity index (χ4v) is 1.49. The van der Waals surface area contributed by atoms with E-state index in [1.54, 1.807) is 0 Å². The van der Waals surface area contributed by atoms with Gasteiger partial charge in [-0.25, -0.2) is 0 Å². The summed E-state index contributed by atoms with van der Waals surface area (Å²) in [7, 11) is 0. The van der Waals surface area contributed by atoms with E-state index in [1.807, 2.05) is 0 Å². The van der Waals surface area contributed by atoms with Crippen molar-refractivity contribution in [1.82, 2.24) is 0 Å². The Bertz CT molecular complexity index is 273. The van der Waals surface area contributed by atoms with E-state index in [0.29, 0.717) is 5.38 Å². The molecule has 0 saturated heterocycles. The second kappa shape index (κ2) is 4.88. The molecule has 0 bridgehead atoms. The standard InChI is InChI=1S/C5H2BF6S.K/c7-5(8,9)4-1-3(2-13-4)6(10,11)12;/h1-2H;/q-1;+1. The Hall–Kier alpha value is 0.981. The summed E-state index contributed by atoms with van der Waals surface area (Å²) in [4.78, 5) is -1.22. The van der Waals surface area contributed by atoms with Crippen LogP contribution in [0.1, 0.15) is 4.88 Å². The summed E-state index contributed by atoms with van der Waals surface area (Å²) >= 11 is 0.0540. The molecule has 0 nitrogen and oxygen atoms in total. The van der Waals surface area contributed by atoms with Gasteiger partial charge in [0.15, 0.2) is 0 Å². The van der Waals surface area contributed by atoms with Crippen LogP contribution in [0.5, 0.6) is 0 Å². The number of hydrogen-bond donors (Lipinski definition) is 0. The van der Waals surface area contributed by atoms with Gasteiger partial charge in [0.2, 0.25) is 0 Å². The van der Waals surface area contributed by atoms with E-state index < -0.39 is 23.5 Å². The van der Waals surface area contributed by atoms with E-state index in [2.05, 4.69) is 0 Å². The van der Waals surface area contributed by atoms with Gasteiger partial charge in [-0.2, -0.15) is 13.2 Å². The zero-order valence-corrected chi connectivity index (χ0v) is 10.8. The molecular formula is C5H2BF6KS. The van der Waals surface area contributed by atoms with E-state index in [0.717, 1.165) is 0 Å². The predicted molar refractivity (Wildman–Crippen MR) is 38.0 cm³/mol. The van der Waals surface area contributed by atoms with Crippen LogP contribution in [0.2, 0.25) is 0 Å². The Morgan fingerprint density at radius 1 is 1.14 bits per heavy atom. The summed E-state index contributed by atoms with van der Waals surface area (Å²) in [6.07, 6.45) is -4.69. The molecule has 0 spiro atoms. The molecule has 74 valence electrons. The first-order valence-corrected chi connectivity index (χ1v) is 3.95. The van der Waals surface area contributed by atoms with Crippen LogP contribution >= 0.6 is 11.3 Å². The Morgan fingerprint density at radius 2 is 1.64 bits per heavy atom. The summed E-state index contributed by atoms with van der Waals surface area (Å²) in [5.74, 6) is 0. The summed E-state index contributed by atoms with van der Waals surface area (Å²) in [6.45, 7) is -5.33. The zero-order valence-electron chi connectivity index (χ0n) is 6.91. The van der Waals surface area contributed by atoms with Crippen molar-refractivity contribution in [1.29, 1.82) is 0 Å². The Morgan fingerprint density at radius 3 is 1.86 bits per heavy atom. The average molecular weight is 258 g/mol. The van der Waals surface area contributed by atoms with Crippen molar-refractivity contribution in [3.63, 3.8) is 0 Å². The first-order chi connectivity index (χ1) is 5.71. The van der Waals surface area contributed by atoms with E-state index in [4.69, 9.17) is 0 Å². The predicted octanol–water partition coefficient (Wildman–Crippen LogP) is -0.175. The maximum atomic E-state index is 11.9. The quantitative estimate of drug-likeness (QED) is 0.484. The summed E-state index contributed by atoms with van der Waals surface area (Å²) in [6, 6.07) is 0.130. The number of hydrogen-bond acceptors (Lipinski definition) is 1. The van der Waals surface area contributed by atoms with Crippen molar-refractivity contribution < 1.29 is 77.5 Å². The van der Waals surface area contributed by atoms with E-state index in [9.17, 15) is 26.1 Å². The molecule has 14 heavy (non-hydrogen) atoms. The van der Waals surface area contributed by atoms with Crippen LogP contribution in [0, 0.1) is 0 Å². The SMILES string of the molecule is F[B-](F)(F)c1csc(C(F)(F)F)c1.[K+]. The molecule has 0 aliphatic heterocycles. The minimum Gasteiger partial charge on any atom is -0.445 e. The number of alkyl halides is 3. The van der Waals surface area contributed by atoms with Crippen molar-refractivity contribution in [2.45, 2.75) is 6.18 Å². The summed E-state index contributed by atoms with van der Waals surface area (Å²) < 4.78 is 71.2. The second-order valence-electron chi connectivity index (χ2n) is 2.32. The van der Waals surface area contributed by atoms with Gasteiger partial charge in [-0.3, -0.25) is 0 Å². The van der Waals surface area contributed by atoms with Crippen LogP contribution in [0.25, 0.3) is 0 Å². The van der Waals surface area contributed by atoms with E-state index >= 15 is 0 Å². The monoisotopic (exact) mass is 258 g/mol. The minimum atomic E-state index is -5.33. The largest absolute Gasteiger partial charge is 1.00 e. The summed E-state index contributed by atoms with van der Waals surface area (Å²) in [5, 5.41) is 0.475. The maximum absolute atomic E-state index is 11.9. The first kappa shape index (κ1) is 15.0. The molecule has 0 aromatic carbocycles. The number of thiophene rings is 1. The molecule has 0 aliphatic carbocycles. The van der Waals surface area contributed by atoms with Crippen LogP contribution in [0.4, 0.5) is 26.1 Å². The van der Waals surface area contributed by atoms with Crippen LogP contribution < -0.4 is 56.8 Å². The Kier molecular flexibility index (Phi) is 5.22. The smallest absolute Gasteiger partial charge is 0.445 e. The first-order valence-electron chi connectivity index (χ1n) is 3.07. The molecule has 0 aliphatic rings. The van der Waals surface area contributed by atoms with Crippen molar-refractivity contribution in [2.75, 3.05) is 0 Å². The third-order valence-electron chi connectivity index (χ3n) is 1.28. The van der Waals surface area contributed by atoms with Gasteiger partial charge >= 0.3 is 64.5 Å². The van der Waals surface area contributed by atoms with Gasteiger partial charge in [-0.1, -0.05) is 11.5 Å². The van der Waals surface area contributed by atoms with Gasteiger partial charge in [0, 0.05) is 0 Å². The van der Waals surface area contributed by atoms with Crippen molar-refractivity contribution in [2.24, 2.45) is 0 Å². The van der Waals surface area contributed by atoms with Crippen LogP contribution in [-0.2, 0) is 6.18 Å². The molecule has 1 aromatic rings. The third kappa shape index (κ3) is 3.86. The molecule has 0 N–H and O–H groups in total. The van der Waals surface area contributed by atoms with Crippen LogP contribution in [0.3, 0.4) is 0 Å². The van der Waals surface area contributed by atoms with E-state index in [1.165, 1.54) is 0 Å². The maximum Gasteiger partial charge on any atom is 1.00 e. The summed E-state index contributed by atoms with van der Waals surface area (Å²) in [5.41, 5.74) is -1.20.